The van der Waals surface area contributed by atoms with Crippen molar-refractivity contribution < 1.29 is 14.3 Å². The maximum absolute atomic E-state index is 12.4. The summed E-state index contributed by atoms with van der Waals surface area (Å²) in [6.45, 7) is 1.85. The second kappa shape index (κ2) is 7.64. The topological polar surface area (TPSA) is 171 Å². The van der Waals surface area contributed by atoms with E-state index in [0.717, 1.165) is 10.7 Å². The summed E-state index contributed by atoms with van der Waals surface area (Å²) >= 11 is 6.08. The Morgan fingerprint density at radius 2 is 2.07 bits per heavy atom. The Labute approximate surface area is 166 Å². The van der Waals surface area contributed by atoms with Gasteiger partial charge in [-0.05, 0) is 17.4 Å². The van der Waals surface area contributed by atoms with Gasteiger partial charge in [0.2, 0.25) is 5.89 Å². The highest BCUT2D eigenvalue weighted by atomic mass is 35.5. The van der Waals surface area contributed by atoms with Crippen LogP contribution in [0.5, 0.6) is 0 Å². The number of nitriles is 1. The highest BCUT2D eigenvalue weighted by Gasteiger charge is 2.35. The molecule has 0 unspecified atom stereocenters. The van der Waals surface area contributed by atoms with Gasteiger partial charge in [0.15, 0.2) is 11.5 Å². The summed E-state index contributed by atoms with van der Waals surface area (Å²) in [5.41, 5.74) is -1.30. The zero-order chi connectivity index (χ0) is 21.3. The van der Waals surface area contributed by atoms with Crippen LogP contribution >= 0.6 is 11.6 Å². The Bertz CT molecular complexity index is 1240. The summed E-state index contributed by atoms with van der Waals surface area (Å²) in [6.07, 6.45) is 0.478. The van der Waals surface area contributed by atoms with E-state index in [1.54, 1.807) is 13.0 Å². The van der Waals surface area contributed by atoms with Crippen molar-refractivity contribution in [2.75, 3.05) is 0 Å². The van der Waals surface area contributed by atoms with E-state index in [0.29, 0.717) is 6.42 Å². The van der Waals surface area contributed by atoms with Crippen LogP contribution in [0.3, 0.4) is 0 Å². The number of aryl methyl sites for hydroxylation is 1. The smallest absolute Gasteiger partial charge is 0.395 e. The quantitative estimate of drug-likeness (QED) is 0.430. The van der Waals surface area contributed by atoms with Crippen molar-refractivity contribution in [2.24, 2.45) is 0 Å². The molecule has 1 aromatic carbocycles. The SMILES string of the molecule is CCCn1nc([N+](=O)[O-])c([C@@H](C#N)c2nc3cc([N+](=O)[O-])ccc3o2)c(Cl)c1=O. The van der Waals surface area contributed by atoms with E-state index in [2.05, 4.69) is 10.1 Å². The molecule has 3 aromatic rings. The average molecular weight is 419 g/mol. The molecule has 0 saturated heterocycles. The molecule has 148 valence electrons. The molecule has 12 nitrogen and oxygen atoms in total. The molecule has 1 atom stereocenters. The summed E-state index contributed by atoms with van der Waals surface area (Å²) in [5.74, 6) is -2.60. The van der Waals surface area contributed by atoms with E-state index in [-0.39, 0.29) is 29.2 Å². The molecule has 0 saturated carbocycles. The molecule has 0 aliphatic rings. The summed E-state index contributed by atoms with van der Waals surface area (Å²) < 4.78 is 6.30. The number of halogens is 1. The molecule has 0 aliphatic carbocycles. The first kappa shape index (κ1) is 19.9. The summed E-state index contributed by atoms with van der Waals surface area (Å²) in [7, 11) is 0. The fourth-order valence-electron chi connectivity index (χ4n) is 2.71. The Morgan fingerprint density at radius 3 is 2.66 bits per heavy atom. The van der Waals surface area contributed by atoms with Gasteiger partial charge in [0.1, 0.15) is 16.1 Å². The first-order valence-corrected chi connectivity index (χ1v) is 8.55. The Hall–Kier alpha value is -3.85. The van der Waals surface area contributed by atoms with Crippen molar-refractivity contribution in [1.82, 2.24) is 14.8 Å². The molecule has 0 radical (unpaired) electrons. The van der Waals surface area contributed by atoms with E-state index in [1.165, 1.54) is 12.1 Å². The van der Waals surface area contributed by atoms with Crippen LogP contribution in [0, 0.1) is 31.6 Å². The van der Waals surface area contributed by atoms with Crippen LogP contribution in [0.25, 0.3) is 11.1 Å². The number of nitro benzene ring substituents is 1. The normalized spacial score (nSPS) is 11.9. The highest BCUT2D eigenvalue weighted by Crippen LogP contribution is 2.35. The first-order valence-electron chi connectivity index (χ1n) is 8.17. The monoisotopic (exact) mass is 418 g/mol. The average Bonchev–Trinajstić information content (AvgIpc) is 3.10. The van der Waals surface area contributed by atoms with Gasteiger partial charge in [-0.1, -0.05) is 18.5 Å². The number of non-ortho nitro benzene ring substituents is 1. The van der Waals surface area contributed by atoms with Crippen LogP contribution in [0.2, 0.25) is 5.02 Å². The van der Waals surface area contributed by atoms with Crippen molar-refractivity contribution in [3.8, 4) is 6.07 Å². The van der Waals surface area contributed by atoms with E-state index in [4.69, 9.17) is 16.0 Å². The standard InChI is InChI=1S/C16H11ClN6O6/c1-2-5-21-16(24)13(17)12(14(20-21)23(27)28)9(7-18)15-19-10-6-8(22(25)26)3-4-11(10)29-15/h3-4,6,9H,2,5H2,1H3/t9-/m1/s1. The number of benzene rings is 1. The number of nitrogens with zero attached hydrogens (tertiary/aromatic N) is 6. The predicted octanol–water partition coefficient (Wildman–Crippen LogP) is 2.92. The van der Waals surface area contributed by atoms with Crippen LogP contribution in [0.15, 0.2) is 27.4 Å². The molecule has 0 spiro atoms. The molecule has 3 rings (SSSR count). The van der Waals surface area contributed by atoms with E-state index in [1.807, 2.05) is 0 Å². The van der Waals surface area contributed by atoms with Gasteiger partial charge in [-0.2, -0.15) is 5.26 Å². The molecule has 0 bridgehead atoms. The van der Waals surface area contributed by atoms with Gasteiger partial charge in [0.05, 0.1) is 22.6 Å². The van der Waals surface area contributed by atoms with Crippen molar-refractivity contribution >= 4 is 34.2 Å². The first-order chi connectivity index (χ1) is 13.8. The molecular weight excluding hydrogens is 408 g/mol. The summed E-state index contributed by atoms with van der Waals surface area (Å²) in [6, 6.07) is 5.38. The van der Waals surface area contributed by atoms with Gasteiger partial charge >= 0.3 is 11.4 Å². The molecule has 0 amide bonds. The second-order valence-electron chi connectivity index (χ2n) is 5.86. The van der Waals surface area contributed by atoms with Crippen molar-refractivity contribution in [3.05, 3.63) is 65.3 Å². The maximum Gasteiger partial charge on any atom is 0.395 e. The fourth-order valence-corrected chi connectivity index (χ4v) is 3.00. The second-order valence-corrected chi connectivity index (χ2v) is 6.24. The Balaban J connectivity index is 2.23. The van der Waals surface area contributed by atoms with Crippen molar-refractivity contribution in [3.63, 3.8) is 0 Å². The van der Waals surface area contributed by atoms with Gasteiger partial charge in [0.25, 0.3) is 5.69 Å². The van der Waals surface area contributed by atoms with E-state index >= 15 is 0 Å². The van der Waals surface area contributed by atoms with Gasteiger partial charge in [-0.3, -0.25) is 14.9 Å². The minimum absolute atomic E-state index is 0.0699. The third kappa shape index (κ3) is 3.50. The number of hydrogen-bond acceptors (Lipinski definition) is 9. The zero-order valence-corrected chi connectivity index (χ0v) is 15.5. The minimum Gasteiger partial charge on any atom is -0.439 e. The van der Waals surface area contributed by atoms with Gasteiger partial charge < -0.3 is 14.5 Å². The number of nitro groups is 2. The molecular formula is C16H11ClN6O6. The zero-order valence-electron chi connectivity index (χ0n) is 14.7. The van der Waals surface area contributed by atoms with E-state index in [9.17, 15) is 30.3 Å². The molecule has 13 heteroatoms. The van der Waals surface area contributed by atoms with Crippen LogP contribution in [-0.2, 0) is 6.54 Å². The van der Waals surface area contributed by atoms with Crippen LogP contribution < -0.4 is 5.56 Å². The molecule has 2 heterocycles. The lowest BCUT2D eigenvalue weighted by Crippen LogP contribution is -2.27. The Kier molecular flexibility index (Phi) is 5.24. The largest absolute Gasteiger partial charge is 0.439 e. The fraction of sp³-hybridized carbons (Fsp3) is 0.250. The molecule has 2 aromatic heterocycles. The number of hydrogen-bond donors (Lipinski definition) is 0. The van der Waals surface area contributed by atoms with E-state index < -0.39 is 37.7 Å². The third-order valence-corrected chi connectivity index (χ3v) is 4.35. The van der Waals surface area contributed by atoms with Gasteiger partial charge in [-0.25, -0.2) is 4.98 Å². The number of aromatic nitrogens is 3. The van der Waals surface area contributed by atoms with Crippen molar-refractivity contribution in [1.29, 1.82) is 5.26 Å². The summed E-state index contributed by atoms with van der Waals surface area (Å²) in [4.78, 5) is 37.4. The number of rotatable bonds is 6. The molecule has 29 heavy (non-hydrogen) atoms. The van der Waals surface area contributed by atoms with Crippen LogP contribution in [-0.4, -0.2) is 24.6 Å². The highest BCUT2D eigenvalue weighted by molar-refractivity contribution is 6.31. The Morgan fingerprint density at radius 1 is 1.34 bits per heavy atom. The van der Waals surface area contributed by atoms with Gasteiger partial charge in [-0.15, -0.1) is 4.68 Å². The minimum atomic E-state index is -1.52. The third-order valence-electron chi connectivity index (χ3n) is 3.99. The van der Waals surface area contributed by atoms with Gasteiger partial charge in [0, 0.05) is 12.1 Å². The van der Waals surface area contributed by atoms with Crippen LogP contribution in [0.4, 0.5) is 11.5 Å². The molecule has 0 aliphatic heterocycles. The summed E-state index contributed by atoms with van der Waals surface area (Å²) in [5, 5.41) is 35.2. The van der Waals surface area contributed by atoms with Crippen molar-refractivity contribution in [2.45, 2.75) is 25.8 Å². The molecule has 0 N–H and O–H groups in total. The molecule has 0 fully saturated rings. The predicted molar refractivity (Wildman–Crippen MR) is 98.6 cm³/mol. The number of fused-ring (bicyclic) bond motifs is 1. The van der Waals surface area contributed by atoms with Crippen LogP contribution in [0.1, 0.15) is 30.7 Å². The lowest BCUT2D eigenvalue weighted by molar-refractivity contribution is -0.391. The maximum atomic E-state index is 12.4. The number of oxazole rings is 1. The lowest BCUT2D eigenvalue weighted by Gasteiger charge is -2.09. The lowest BCUT2D eigenvalue weighted by atomic mass is 10.0.